The van der Waals surface area contributed by atoms with Crippen LogP contribution in [-0.2, 0) is 26.2 Å². The predicted octanol–water partition coefficient (Wildman–Crippen LogP) is 10.7. The van der Waals surface area contributed by atoms with Crippen LogP contribution in [0.1, 0.15) is 11.1 Å². The molecule has 0 unspecified atom stereocenters. The fourth-order valence-electron chi connectivity index (χ4n) is 4.51. The van der Waals surface area contributed by atoms with Crippen LogP contribution in [0.4, 0.5) is 0 Å². The van der Waals surface area contributed by atoms with E-state index in [1.807, 2.05) is 0 Å². The molecule has 0 spiro atoms. The third kappa shape index (κ3) is 8.39. The Kier molecular flexibility index (Phi) is 14.8. The summed E-state index contributed by atoms with van der Waals surface area (Å²) in [5.41, 5.74) is 7.89. The monoisotopic (exact) mass is 630 g/mol. The number of fused-ring (bicyclic) bond motifs is 2. The molecule has 0 amide bonds. The van der Waals surface area contributed by atoms with Crippen molar-refractivity contribution >= 4 is 55.9 Å². The summed E-state index contributed by atoms with van der Waals surface area (Å²) in [7, 11) is 1.08. The molecular weight excluding hydrogens is 599 g/mol. The third-order valence-electron chi connectivity index (χ3n) is 5.96. The Morgan fingerprint density at radius 3 is 1.18 bits per heavy atom. The van der Waals surface area contributed by atoms with Crippen LogP contribution in [0.5, 0.6) is 0 Å². The molecule has 38 heavy (non-hydrogen) atoms. The van der Waals surface area contributed by atoms with Crippen LogP contribution in [0.15, 0.2) is 121 Å². The van der Waals surface area contributed by atoms with Crippen LogP contribution in [0.3, 0.4) is 0 Å². The first kappa shape index (κ1) is 33.8. The Bertz CT molecular complexity index is 1390. The molecule has 0 aliphatic rings. The molecule has 0 fully saturated rings. The van der Waals surface area contributed by atoms with Crippen LogP contribution in [0, 0.1) is 13.8 Å². The zero-order valence-corrected chi connectivity index (χ0v) is 27.5. The van der Waals surface area contributed by atoms with Crippen molar-refractivity contribution in [2.75, 3.05) is 0 Å². The maximum absolute atomic E-state index is 2.26. The van der Waals surface area contributed by atoms with Gasteiger partial charge in [-0.3, -0.25) is 0 Å². The summed E-state index contributed by atoms with van der Waals surface area (Å²) < 4.78 is 0. The molecule has 2 radical (unpaired) electrons. The van der Waals surface area contributed by atoms with Crippen molar-refractivity contribution in [1.82, 2.24) is 0 Å². The standard InChI is InChI=1S/2C16H13.C2H6Si.2ClH.Zr/c2*1-12-10-14-8-5-9-15(16(14)11-12)13-6-3-2-4-7-13;1-3-2;;;/h2*2-11H,1H3;1-2H3;2*1H;/q2*-1;;;;+2. The molecule has 0 saturated heterocycles. The molecule has 6 aromatic carbocycles. The first-order valence-corrected chi connectivity index (χ1v) is 14.1. The molecule has 0 N–H and O–H groups in total. The molecule has 4 heteroatoms. The summed E-state index contributed by atoms with van der Waals surface area (Å²) >= 11 is 0. The number of hydrogen-bond donors (Lipinski definition) is 0. The number of benzene rings is 4. The summed E-state index contributed by atoms with van der Waals surface area (Å²) in [5, 5.41) is 5.37. The Labute approximate surface area is 262 Å². The van der Waals surface area contributed by atoms with Gasteiger partial charge in [0.2, 0.25) is 0 Å². The topological polar surface area (TPSA) is 0 Å². The summed E-state index contributed by atoms with van der Waals surface area (Å²) in [5.74, 6) is 0. The Balaban J connectivity index is 0.000000322. The van der Waals surface area contributed by atoms with Crippen molar-refractivity contribution in [3.8, 4) is 22.3 Å². The second-order valence-corrected chi connectivity index (χ2v) is 9.91. The molecule has 0 aliphatic carbocycles. The zero-order valence-electron chi connectivity index (χ0n) is 22.4. The molecule has 0 aromatic heterocycles. The normalized spacial score (nSPS) is 9.58. The number of halogens is 2. The van der Waals surface area contributed by atoms with Crippen molar-refractivity contribution < 1.29 is 26.2 Å². The van der Waals surface area contributed by atoms with E-state index in [1.165, 1.54) is 54.9 Å². The van der Waals surface area contributed by atoms with E-state index < -0.39 is 0 Å². The zero-order chi connectivity index (χ0) is 24.6. The van der Waals surface area contributed by atoms with Crippen molar-refractivity contribution in [3.05, 3.63) is 132 Å². The Morgan fingerprint density at radius 1 is 0.500 bits per heavy atom. The van der Waals surface area contributed by atoms with E-state index in [2.05, 4.69) is 148 Å². The SMILES string of the molecule is C[Si]C.Cc1cc2c(-c3ccccc3)cccc2[cH-]1.Cc1cc2c(-c3ccccc3)cccc2[cH-]1.Cl.Cl.[Zr+2]. The first-order chi connectivity index (χ1) is 17.1. The Hall–Kier alpha value is -2.22. The van der Waals surface area contributed by atoms with Crippen molar-refractivity contribution in [1.29, 1.82) is 0 Å². The van der Waals surface area contributed by atoms with Gasteiger partial charge in [-0.1, -0.05) is 111 Å². The minimum atomic E-state index is 0. The molecule has 192 valence electrons. The van der Waals surface area contributed by atoms with Crippen LogP contribution in [0.2, 0.25) is 13.1 Å². The summed E-state index contributed by atoms with van der Waals surface area (Å²) in [6, 6.07) is 43.1. The van der Waals surface area contributed by atoms with E-state index in [1.54, 1.807) is 0 Å². The number of aryl methyl sites for hydroxylation is 2. The quantitative estimate of drug-likeness (QED) is 0.132. The second-order valence-electron chi connectivity index (χ2n) is 8.91. The first-order valence-electron chi connectivity index (χ1n) is 12.1. The second kappa shape index (κ2) is 16.7. The van der Waals surface area contributed by atoms with Gasteiger partial charge in [-0.05, 0) is 11.1 Å². The Morgan fingerprint density at radius 2 is 0.842 bits per heavy atom. The average molecular weight is 633 g/mol. The van der Waals surface area contributed by atoms with Crippen LogP contribution >= 0.6 is 24.8 Å². The van der Waals surface area contributed by atoms with Gasteiger partial charge in [0.1, 0.15) is 0 Å². The summed E-state index contributed by atoms with van der Waals surface area (Å²) in [6.45, 7) is 8.60. The smallest absolute Gasteiger partial charge is 0.165 e. The number of hydrogen-bond acceptors (Lipinski definition) is 0. The molecular formula is C34H34Cl2SiZr. The summed E-state index contributed by atoms with van der Waals surface area (Å²) in [6.07, 6.45) is 0. The average Bonchev–Trinajstić information content (AvgIpc) is 3.46. The van der Waals surface area contributed by atoms with E-state index in [-0.39, 0.29) is 51.0 Å². The molecule has 6 rings (SSSR count). The molecule has 0 bridgehead atoms. The van der Waals surface area contributed by atoms with E-state index in [0.717, 1.165) is 9.52 Å². The molecule has 0 atom stereocenters. The maximum atomic E-state index is 2.26. The summed E-state index contributed by atoms with van der Waals surface area (Å²) in [4.78, 5) is 0. The minimum absolute atomic E-state index is 0. The maximum Gasteiger partial charge on any atom is 2.00 e. The van der Waals surface area contributed by atoms with Crippen molar-refractivity contribution in [2.24, 2.45) is 0 Å². The van der Waals surface area contributed by atoms with Crippen molar-refractivity contribution in [3.63, 3.8) is 0 Å². The van der Waals surface area contributed by atoms with Crippen LogP contribution in [0.25, 0.3) is 43.8 Å². The fraction of sp³-hybridized carbons (Fsp3) is 0.118. The van der Waals surface area contributed by atoms with E-state index >= 15 is 0 Å². The van der Waals surface area contributed by atoms with E-state index in [9.17, 15) is 0 Å². The largest absolute Gasteiger partial charge is 2.00 e. The molecule has 0 nitrogen and oxygen atoms in total. The van der Waals surface area contributed by atoms with Crippen LogP contribution < -0.4 is 0 Å². The van der Waals surface area contributed by atoms with Gasteiger partial charge in [0.25, 0.3) is 0 Å². The molecule has 0 heterocycles. The van der Waals surface area contributed by atoms with Gasteiger partial charge in [0.05, 0.1) is 0 Å². The third-order valence-corrected chi connectivity index (χ3v) is 5.96. The number of rotatable bonds is 2. The van der Waals surface area contributed by atoms with Gasteiger partial charge >= 0.3 is 26.2 Å². The van der Waals surface area contributed by atoms with Gasteiger partial charge in [-0.15, -0.1) is 93.9 Å². The molecule has 0 saturated carbocycles. The molecule has 0 aliphatic heterocycles. The van der Waals surface area contributed by atoms with Crippen molar-refractivity contribution in [2.45, 2.75) is 26.9 Å². The van der Waals surface area contributed by atoms with E-state index in [0.29, 0.717) is 0 Å². The fourth-order valence-corrected chi connectivity index (χ4v) is 4.51. The predicted molar refractivity (Wildman–Crippen MR) is 171 cm³/mol. The van der Waals surface area contributed by atoms with Gasteiger partial charge < -0.3 is 0 Å². The van der Waals surface area contributed by atoms with Gasteiger partial charge in [0.15, 0.2) is 0 Å². The van der Waals surface area contributed by atoms with Gasteiger partial charge in [-0.2, -0.15) is 12.1 Å². The van der Waals surface area contributed by atoms with Gasteiger partial charge in [0, 0.05) is 9.52 Å². The van der Waals surface area contributed by atoms with Gasteiger partial charge in [-0.25, -0.2) is 0 Å². The minimum Gasteiger partial charge on any atom is -0.165 e. The molecule has 6 aromatic rings. The van der Waals surface area contributed by atoms with E-state index in [4.69, 9.17) is 0 Å². The van der Waals surface area contributed by atoms with Crippen LogP contribution in [-0.4, -0.2) is 9.52 Å².